The molecule has 0 amide bonds. The summed E-state index contributed by atoms with van der Waals surface area (Å²) in [5.74, 6) is 0.204. The Labute approximate surface area is 101 Å². The van der Waals surface area contributed by atoms with Crippen molar-refractivity contribution in [1.29, 1.82) is 0 Å². The van der Waals surface area contributed by atoms with Crippen LogP contribution in [-0.2, 0) is 16.0 Å². The molecule has 1 rings (SSSR count). The number of methoxy groups -OCH3 is 1. The van der Waals surface area contributed by atoms with Crippen LogP contribution in [0.5, 0.6) is 5.75 Å². The number of aliphatic hydroxyl groups excluding tert-OH is 1. The van der Waals surface area contributed by atoms with Gasteiger partial charge in [0.25, 0.3) is 0 Å². The van der Waals surface area contributed by atoms with Crippen molar-refractivity contribution in [3.8, 4) is 5.75 Å². The van der Waals surface area contributed by atoms with Gasteiger partial charge in [0.2, 0.25) is 0 Å². The average Bonchev–Trinajstić information content (AvgIpc) is 2.30. The van der Waals surface area contributed by atoms with Crippen LogP contribution >= 0.6 is 0 Å². The molecule has 0 fully saturated rings. The van der Waals surface area contributed by atoms with Crippen molar-refractivity contribution in [2.45, 2.75) is 32.5 Å². The zero-order chi connectivity index (χ0) is 12.8. The summed E-state index contributed by atoms with van der Waals surface area (Å²) < 4.78 is 9.95. The van der Waals surface area contributed by atoms with E-state index in [0.29, 0.717) is 12.2 Å². The van der Waals surface area contributed by atoms with E-state index in [-0.39, 0.29) is 6.10 Å². The van der Waals surface area contributed by atoms with E-state index in [9.17, 15) is 9.90 Å². The molecular weight excluding hydrogens is 220 g/mol. The smallest absolute Gasteiger partial charge is 0.346 e. The molecule has 94 valence electrons. The Balaban J connectivity index is 2.59. The van der Waals surface area contributed by atoms with Crippen LogP contribution in [0, 0.1) is 0 Å². The zero-order valence-electron chi connectivity index (χ0n) is 10.3. The fourth-order valence-corrected chi connectivity index (χ4v) is 1.46. The molecule has 0 spiro atoms. The van der Waals surface area contributed by atoms with E-state index in [1.165, 1.54) is 7.11 Å². The monoisotopic (exact) mass is 238 g/mol. The maximum atomic E-state index is 11.1. The minimum atomic E-state index is -0.623. The standard InChI is InChI=1S/C13H18O4/c1-9(14)8-11-4-6-12(7-5-11)17-10(2)13(15)16-3/h4-7,9-10,14H,8H2,1-3H3. The summed E-state index contributed by atoms with van der Waals surface area (Å²) in [5.41, 5.74) is 1.03. The molecule has 0 aliphatic heterocycles. The lowest BCUT2D eigenvalue weighted by Crippen LogP contribution is -2.24. The van der Waals surface area contributed by atoms with Gasteiger partial charge in [0, 0.05) is 0 Å². The van der Waals surface area contributed by atoms with Crippen LogP contribution in [0.3, 0.4) is 0 Å². The summed E-state index contributed by atoms with van der Waals surface area (Å²) in [5, 5.41) is 9.23. The van der Waals surface area contributed by atoms with Gasteiger partial charge in [0.15, 0.2) is 6.10 Å². The van der Waals surface area contributed by atoms with Crippen LogP contribution in [0.1, 0.15) is 19.4 Å². The van der Waals surface area contributed by atoms with Crippen LogP contribution in [0.15, 0.2) is 24.3 Å². The third kappa shape index (κ3) is 4.44. The summed E-state index contributed by atoms with van der Waals surface area (Å²) in [6.07, 6.45) is -0.384. The SMILES string of the molecule is COC(=O)C(C)Oc1ccc(CC(C)O)cc1. The van der Waals surface area contributed by atoms with Gasteiger partial charge in [-0.05, 0) is 38.0 Å². The Kier molecular flexibility index (Phi) is 4.97. The summed E-state index contributed by atoms with van der Waals surface area (Å²) in [6.45, 7) is 3.37. The van der Waals surface area contributed by atoms with Crippen LogP contribution in [-0.4, -0.2) is 30.4 Å². The number of aliphatic hydroxyl groups is 1. The van der Waals surface area contributed by atoms with Gasteiger partial charge in [-0.15, -0.1) is 0 Å². The molecule has 0 aromatic heterocycles. The number of benzene rings is 1. The molecular formula is C13H18O4. The molecule has 0 saturated carbocycles. The predicted molar refractivity (Wildman–Crippen MR) is 63.9 cm³/mol. The number of carbonyl (C=O) groups is 1. The Morgan fingerprint density at radius 2 is 1.88 bits per heavy atom. The lowest BCUT2D eigenvalue weighted by Gasteiger charge is -2.12. The highest BCUT2D eigenvalue weighted by Gasteiger charge is 2.14. The summed E-state index contributed by atoms with van der Waals surface area (Å²) in [4.78, 5) is 11.1. The van der Waals surface area contributed by atoms with Crippen LogP contribution < -0.4 is 4.74 Å². The summed E-state index contributed by atoms with van der Waals surface area (Å²) in [7, 11) is 1.33. The Morgan fingerprint density at radius 3 is 2.35 bits per heavy atom. The first kappa shape index (κ1) is 13.5. The zero-order valence-corrected chi connectivity index (χ0v) is 10.3. The molecule has 1 aromatic rings. The number of carbonyl (C=O) groups excluding carboxylic acids is 1. The second kappa shape index (κ2) is 6.25. The van der Waals surface area contributed by atoms with Gasteiger partial charge in [-0.2, -0.15) is 0 Å². The molecule has 0 radical (unpaired) electrons. The molecule has 1 aromatic carbocycles. The van der Waals surface area contributed by atoms with E-state index in [2.05, 4.69) is 4.74 Å². The quantitative estimate of drug-likeness (QED) is 0.791. The molecule has 0 saturated heterocycles. The Hall–Kier alpha value is -1.55. The third-order valence-electron chi connectivity index (χ3n) is 2.30. The molecule has 17 heavy (non-hydrogen) atoms. The van der Waals surface area contributed by atoms with E-state index < -0.39 is 12.1 Å². The lowest BCUT2D eigenvalue weighted by molar-refractivity contribution is -0.147. The van der Waals surface area contributed by atoms with Gasteiger partial charge < -0.3 is 14.6 Å². The second-order valence-corrected chi connectivity index (χ2v) is 3.98. The minimum Gasteiger partial charge on any atom is -0.479 e. The van der Waals surface area contributed by atoms with Gasteiger partial charge >= 0.3 is 5.97 Å². The van der Waals surface area contributed by atoms with Gasteiger partial charge in [0.1, 0.15) is 5.75 Å². The van der Waals surface area contributed by atoms with Crippen molar-refractivity contribution < 1.29 is 19.4 Å². The first-order valence-electron chi connectivity index (χ1n) is 5.54. The second-order valence-electron chi connectivity index (χ2n) is 3.98. The first-order chi connectivity index (χ1) is 8.02. The van der Waals surface area contributed by atoms with E-state index in [1.807, 2.05) is 12.1 Å². The topological polar surface area (TPSA) is 55.8 Å². The number of esters is 1. The Morgan fingerprint density at radius 1 is 1.29 bits per heavy atom. The van der Waals surface area contributed by atoms with E-state index in [0.717, 1.165) is 5.56 Å². The van der Waals surface area contributed by atoms with Crippen molar-refractivity contribution >= 4 is 5.97 Å². The molecule has 4 heteroatoms. The predicted octanol–water partition coefficient (Wildman–Crippen LogP) is 1.55. The molecule has 0 aliphatic rings. The molecule has 2 unspecified atom stereocenters. The van der Waals surface area contributed by atoms with Crippen molar-refractivity contribution in [2.24, 2.45) is 0 Å². The summed E-state index contributed by atoms with van der Waals surface area (Å²) >= 11 is 0. The maximum absolute atomic E-state index is 11.1. The average molecular weight is 238 g/mol. The third-order valence-corrected chi connectivity index (χ3v) is 2.30. The van der Waals surface area contributed by atoms with Crippen LogP contribution in [0.2, 0.25) is 0 Å². The van der Waals surface area contributed by atoms with Crippen molar-refractivity contribution in [1.82, 2.24) is 0 Å². The molecule has 0 bridgehead atoms. The van der Waals surface area contributed by atoms with Crippen molar-refractivity contribution in [3.05, 3.63) is 29.8 Å². The molecule has 0 heterocycles. The fraction of sp³-hybridized carbons (Fsp3) is 0.462. The highest BCUT2D eigenvalue weighted by atomic mass is 16.6. The van der Waals surface area contributed by atoms with Gasteiger partial charge in [0.05, 0.1) is 13.2 Å². The fourth-order valence-electron chi connectivity index (χ4n) is 1.46. The van der Waals surface area contributed by atoms with Crippen LogP contribution in [0.4, 0.5) is 0 Å². The number of ether oxygens (including phenoxy) is 2. The largest absolute Gasteiger partial charge is 0.479 e. The molecule has 2 atom stereocenters. The highest BCUT2D eigenvalue weighted by Crippen LogP contribution is 2.15. The summed E-state index contributed by atoms with van der Waals surface area (Å²) in [6, 6.07) is 7.28. The number of rotatable bonds is 5. The van der Waals surface area contributed by atoms with Gasteiger partial charge in [-0.1, -0.05) is 12.1 Å². The van der Waals surface area contributed by atoms with Gasteiger partial charge in [-0.25, -0.2) is 4.79 Å². The lowest BCUT2D eigenvalue weighted by atomic mass is 10.1. The van der Waals surface area contributed by atoms with E-state index in [1.54, 1.807) is 26.0 Å². The normalized spacial score (nSPS) is 13.9. The minimum absolute atomic E-state index is 0.365. The first-order valence-corrected chi connectivity index (χ1v) is 5.54. The van der Waals surface area contributed by atoms with Crippen LogP contribution in [0.25, 0.3) is 0 Å². The van der Waals surface area contributed by atoms with Gasteiger partial charge in [-0.3, -0.25) is 0 Å². The number of hydrogen-bond acceptors (Lipinski definition) is 4. The highest BCUT2D eigenvalue weighted by molar-refractivity contribution is 5.74. The van der Waals surface area contributed by atoms with E-state index in [4.69, 9.17) is 4.74 Å². The Bertz CT molecular complexity index is 356. The van der Waals surface area contributed by atoms with Crippen molar-refractivity contribution in [2.75, 3.05) is 7.11 Å². The van der Waals surface area contributed by atoms with E-state index >= 15 is 0 Å². The molecule has 1 N–H and O–H groups in total. The molecule has 4 nitrogen and oxygen atoms in total. The molecule has 0 aliphatic carbocycles. The number of hydrogen-bond donors (Lipinski definition) is 1. The van der Waals surface area contributed by atoms with Crippen molar-refractivity contribution in [3.63, 3.8) is 0 Å². The maximum Gasteiger partial charge on any atom is 0.346 e.